The molecule has 0 amide bonds. The number of thiol groups is 1. The summed E-state index contributed by atoms with van der Waals surface area (Å²) in [4.78, 5) is 0. The topological polar surface area (TPSA) is 0 Å². The summed E-state index contributed by atoms with van der Waals surface area (Å²) in [5.74, 6) is 1.74. The SMILES string of the molecule is Cc1cc(CS)c(CSc2ssc(=S)c2-c2ccccc2)cc1C. The minimum Gasteiger partial charge on any atom is -0.175 e. The van der Waals surface area contributed by atoms with E-state index < -0.39 is 0 Å². The highest BCUT2D eigenvalue weighted by molar-refractivity contribution is 8.02. The summed E-state index contributed by atoms with van der Waals surface area (Å²) in [6.45, 7) is 4.34. The number of benzene rings is 2. The van der Waals surface area contributed by atoms with Crippen LogP contribution in [0, 0.1) is 17.7 Å². The fourth-order valence-electron chi connectivity index (χ4n) is 2.54. The second-order valence-corrected chi connectivity index (χ2v) is 10.0. The molecule has 0 radical (unpaired) electrons. The lowest BCUT2D eigenvalue weighted by molar-refractivity contribution is 1.21. The third kappa shape index (κ3) is 3.97. The van der Waals surface area contributed by atoms with Crippen molar-refractivity contribution in [2.75, 3.05) is 0 Å². The van der Waals surface area contributed by atoms with E-state index >= 15 is 0 Å². The Labute approximate surface area is 165 Å². The zero-order chi connectivity index (χ0) is 17.1. The summed E-state index contributed by atoms with van der Waals surface area (Å²) in [6, 6.07) is 15.1. The van der Waals surface area contributed by atoms with Crippen LogP contribution in [-0.2, 0) is 11.5 Å². The molecule has 5 heteroatoms. The fraction of sp³-hybridized carbons (Fsp3) is 0.211. The van der Waals surface area contributed by atoms with Crippen molar-refractivity contribution < 1.29 is 0 Å². The van der Waals surface area contributed by atoms with Gasteiger partial charge in [-0.05, 0) is 41.7 Å². The molecule has 0 aliphatic heterocycles. The van der Waals surface area contributed by atoms with Gasteiger partial charge in [0.05, 0.1) is 4.21 Å². The molecular formula is C19H18S5. The molecule has 24 heavy (non-hydrogen) atoms. The highest BCUT2D eigenvalue weighted by Crippen LogP contribution is 2.42. The van der Waals surface area contributed by atoms with E-state index in [0.29, 0.717) is 0 Å². The van der Waals surface area contributed by atoms with E-state index in [1.807, 2.05) is 17.8 Å². The van der Waals surface area contributed by atoms with Crippen LogP contribution in [-0.4, -0.2) is 0 Å². The third-order valence-corrected chi connectivity index (χ3v) is 9.01. The van der Waals surface area contributed by atoms with Crippen LogP contribution in [0.1, 0.15) is 22.3 Å². The van der Waals surface area contributed by atoms with Crippen LogP contribution in [0.5, 0.6) is 0 Å². The lowest BCUT2D eigenvalue weighted by atomic mass is 10.0. The molecule has 0 fully saturated rings. The first-order chi connectivity index (χ1) is 11.6. The van der Waals surface area contributed by atoms with Gasteiger partial charge in [-0.1, -0.05) is 75.4 Å². The van der Waals surface area contributed by atoms with Gasteiger partial charge in [-0.3, -0.25) is 0 Å². The standard InChI is InChI=1S/C19H18S5/c1-12-8-15(10-20)16(9-13(12)2)11-22-19-17(18(21)23-24-19)14-6-4-3-5-7-14/h3-9,20H,10-11H2,1-2H3. The lowest BCUT2D eigenvalue weighted by Gasteiger charge is -2.11. The van der Waals surface area contributed by atoms with E-state index in [9.17, 15) is 0 Å². The number of rotatable bonds is 5. The minimum atomic E-state index is 0.780. The van der Waals surface area contributed by atoms with Gasteiger partial charge < -0.3 is 0 Å². The van der Waals surface area contributed by atoms with Gasteiger partial charge in [0, 0.05) is 17.1 Å². The zero-order valence-corrected chi connectivity index (χ0v) is 17.7. The Bertz CT molecular complexity index is 890. The molecule has 3 aromatic rings. The lowest BCUT2D eigenvalue weighted by Crippen LogP contribution is -1.94. The van der Waals surface area contributed by atoms with Crippen LogP contribution in [0.3, 0.4) is 0 Å². The molecule has 1 aromatic heterocycles. The molecular weight excluding hydrogens is 389 g/mol. The summed E-state index contributed by atoms with van der Waals surface area (Å²) in [7, 11) is 3.49. The van der Waals surface area contributed by atoms with E-state index in [1.54, 1.807) is 20.7 Å². The molecule has 0 atom stereocenters. The normalized spacial score (nSPS) is 11.0. The smallest absolute Gasteiger partial charge is 0.110 e. The van der Waals surface area contributed by atoms with Crippen molar-refractivity contribution in [3.63, 3.8) is 0 Å². The number of aryl methyl sites for hydroxylation is 2. The van der Waals surface area contributed by atoms with Gasteiger partial charge in [-0.2, -0.15) is 12.6 Å². The number of hydrogen-bond acceptors (Lipinski definition) is 5. The maximum absolute atomic E-state index is 5.58. The Morgan fingerprint density at radius 1 is 1.00 bits per heavy atom. The number of hydrogen-bond donors (Lipinski definition) is 1. The molecule has 0 aliphatic rings. The largest absolute Gasteiger partial charge is 0.175 e. The van der Waals surface area contributed by atoms with Gasteiger partial charge in [-0.25, -0.2) is 0 Å². The van der Waals surface area contributed by atoms with Crippen molar-refractivity contribution in [1.82, 2.24) is 0 Å². The van der Waals surface area contributed by atoms with E-state index in [0.717, 1.165) is 15.3 Å². The monoisotopic (exact) mass is 406 g/mol. The molecule has 3 rings (SSSR count). The van der Waals surface area contributed by atoms with Crippen molar-refractivity contribution in [2.24, 2.45) is 0 Å². The van der Waals surface area contributed by atoms with E-state index in [2.05, 4.69) is 62.9 Å². The van der Waals surface area contributed by atoms with Gasteiger partial charge in [0.15, 0.2) is 0 Å². The second kappa shape index (κ2) is 8.19. The van der Waals surface area contributed by atoms with Crippen LogP contribution in [0.2, 0.25) is 0 Å². The van der Waals surface area contributed by atoms with Gasteiger partial charge in [0.25, 0.3) is 0 Å². The first kappa shape index (κ1) is 18.2. The first-order valence-electron chi connectivity index (χ1n) is 7.61. The summed E-state index contributed by atoms with van der Waals surface area (Å²) in [5, 5.41) is 0. The Morgan fingerprint density at radius 2 is 1.67 bits per heavy atom. The third-order valence-electron chi connectivity index (χ3n) is 4.01. The van der Waals surface area contributed by atoms with E-state index in [1.165, 1.54) is 37.6 Å². The summed E-state index contributed by atoms with van der Waals surface area (Å²) in [6.07, 6.45) is 0. The maximum Gasteiger partial charge on any atom is 0.110 e. The molecule has 0 saturated heterocycles. The van der Waals surface area contributed by atoms with E-state index in [4.69, 9.17) is 12.2 Å². The van der Waals surface area contributed by atoms with Crippen molar-refractivity contribution >= 4 is 57.3 Å². The second-order valence-electron chi connectivity index (χ2n) is 5.63. The predicted octanol–water partition coefficient (Wildman–Crippen LogP) is 7.55. The van der Waals surface area contributed by atoms with Crippen molar-refractivity contribution in [3.05, 3.63) is 68.5 Å². The summed E-state index contributed by atoms with van der Waals surface area (Å²) >= 11 is 12.0. The molecule has 124 valence electrons. The van der Waals surface area contributed by atoms with Gasteiger partial charge in [0.2, 0.25) is 0 Å². The molecule has 0 saturated carbocycles. The van der Waals surface area contributed by atoms with Crippen LogP contribution >= 0.6 is 57.3 Å². The van der Waals surface area contributed by atoms with Gasteiger partial charge >= 0.3 is 0 Å². The highest BCUT2D eigenvalue weighted by Gasteiger charge is 2.13. The Morgan fingerprint density at radius 3 is 2.33 bits per heavy atom. The van der Waals surface area contributed by atoms with E-state index in [-0.39, 0.29) is 0 Å². The quantitative estimate of drug-likeness (QED) is 0.201. The van der Waals surface area contributed by atoms with Crippen LogP contribution < -0.4 is 0 Å². The molecule has 0 aliphatic carbocycles. The van der Waals surface area contributed by atoms with Crippen LogP contribution in [0.25, 0.3) is 11.1 Å². The Hall–Kier alpha value is -0.590. The van der Waals surface area contributed by atoms with Gasteiger partial charge in [0.1, 0.15) is 3.82 Å². The first-order valence-corrected chi connectivity index (χ1v) is 11.8. The van der Waals surface area contributed by atoms with Crippen molar-refractivity contribution in [1.29, 1.82) is 0 Å². The van der Waals surface area contributed by atoms with Gasteiger partial charge in [-0.15, -0.1) is 11.8 Å². The molecule has 0 N–H and O–H groups in total. The Balaban J connectivity index is 1.89. The average Bonchev–Trinajstić information content (AvgIpc) is 2.97. The number of thioether (sulfide) groups is 1. The molecule has 0 unspecified atom stereocenters. The van der Waals surface area contributed by atoms with Crippen molar-refractivity contribution in [2.45, 2.75) is 29.6 Å². The molecule has 1 heterocycles. The average molecular weight is 407 g/mol. The summed E-state index contributed by atoms with van der Waals surface area (Å²) in [5.41, 5.74) is 7.83. The fourth-order valence-corrected chi connectivity index (χ4v) is 7.36. The maximum atomic E-state index is 5.58. The minimum absolute atomic E-state index is 0.780. The molecule has 0 nitrogen and oxygen atoms in total. The zero-order valence-electron chi connectivity index (χ0n) is 13.5. The predicted molar refractivity (Wildman–Crippen MR) is 117 cm³/mol. The highest BCUT2D eigenvalue weighted by atomic mass is 32.9. The van der Waals surface area contributed by atoms with Crippen LogP contribution in [0.15, 0.2) is 46.7 Å². The summed E-state index contributed by atoms with van der Waals surface area (Å²) < 4.78 is 2.31. The molecule has 0 spiro atoms. The molecule has 2 aromatic carbocycles. The Kier molecular flexibility index (Phi) is 6.22. The van der Waals surface area contributed by atoms with Crippen molar-refractivity contribution in [3.8, 4) is 11.1 Å². The molecule has 0 bridgehead atoms. The van der Waals surface area contributed by atoms with Crippen LogP contribution in [0.4, 0.5) is 0 Å².